The van der Waals surface area contributed by atoms with Gasteiger partial charge >= 0.3 is 47.7 Å². The highest BCUT2D eigenvalue weighted by Crippen LogP contribution is 2.57. The van der Waals surface area contributed by atoms with Crippen LogP contribution in [0.4, 0.5) is 74.6 Å². The van der Waals surface area contributed by atoms with Gasteiger partial charge in [0.15, 0.2) is 0 Å². The van der Waals surface area contributed by atoms with Gasteiger partial charge in [-0.25, -0.2) is 13.6 Å². The van der Waals surface area contributed by atoms with E-state index in [2.05, 4.69) is 11.3 Å². The summed E-state index contributed by atoms with van der Waals surface area (Å²) in [5, 5.41) is 0. The lowest BCUT2D eigenvalue weighted by Crippen LogP contribution is -2.62. The van der Waals surface area contributed by atoms with E-state index in [1.807, 2.05) is 0 Å². The maximum atomic E-state index is 13.6. The van der Waals surface area contributed by atoms with Gasteiger partial charge in [-0.15, -0.1) is 0 Å². The maximum absolute atomic E-state index is 13.6. The molecule has 2 nitrogen and oxygen atoms in total. The van der Waals surface area contributed by atoms with Crippen LogP contribution in [0.3, 0.4) is 0 Å². The summed E-state index contributed by atoms with van der Waals surface area (Å²) in [7, 11) is 0. The molecule has 0 aliphatic heterocycles. The summed E-state index contributed by atoms with van der Waals surface area (Å²) in [5.74, 6) is -49.9. The average Bonchev–Trinajstić information content (AvgIpc) is 2.57. The van der Waals surface area contributed by atoms with Gasteiger partial charge in [0.25, 0.3) is 5.92 Å². The minimum absolute atomic E-state index is 0.473. The predicted octanol–water partition coefficient (Wildman–Crippen LogP) is 7.29. The highest BCUT2D eigenvalue weighted by atomic mass is 19.4. The lowest BCUT2D eigenvalue weighted by atomic mass is 9.91. The minimum atomic E-state index is -7.70. The third kappa shape index (κ3) is 6.62. The number of halogens is 17. The van der Waals surface area contributed by atoms with Gasteiger partial charge < -0.3 is 4.74 Å². The molecule has 0 bridgehead atoms. The molecule has 0 spiro atoms. The monoisotopic (exact) mass is 560 g/mol. The van der Waals surface area contributed by atoms with Gasteiger partial charge in [0.1, 0.15) is 0 Å². The van der Waals surface area contributed by atoms with Crippen LogP contribution < -0.4 is 0 Å². The van der Waals surface area contributed by atoms with Crippen molar-refractivity contribution in [2.45, 2.75) is 73.8 Å². The molecule has 0 aromatic rings. The summed E-state index contributed by atoms with van der Waals surface area (Å²) in [6.45, 7) is 2.15. The van der Waals surface area contributed by atoms with Crippen LogP contribution in [-0.4, -0.2) is 60.2 Å². The van der Waals surface area contributed by atoms with E-state index in [1.165, 1.54) is 0 Å². The van der Waals surface area contributed by atoms with Crippen molar-refractivity contribution in [3.63, 3.8) is 0 Å². The number of alkyl halides is 17. The van der Waals surface area contributed by atoms with Crippen molar-refractivity contribution >= 4 is 5.97 Å². The molecule has 0 aromatic heterocycles. The van der Waals surface area contributed by atoms with E-state index in [9.17, 15) is 79.4 Å². The Morgan fingerprint density at radius 2 is 1.00 bits per heavy atom. The van der Waals surface area contributed by atoms with E-state index in [0.717, 1.165) is 6.92 Å². The van der Waals surface area contributed by atoms with Gasteiger partial charge in [0.05, 0.1) is 25.9 Å². The lowest BCUT2D eigenvalue weighted by molar-refractivity contribution is -0.402. The fourth-order valence-electron chi connectivity index (χ4n) is 2.16. The molecule has 35 heavy (non-hydrogen) atoms. The van der Waals surface area contributed by atoms with Crippen molar-refractivity contribution in [2.75, 3.05) is 6.61 Å². The molecule has 0 aromatic carbocycles. The minimum Gasteiger partial charge on any atom is -0.462 e. The van der Waals surface area contributed by atoms with Gasteiger partial charge in [-0.1, -0.05) is 6.58 Å². The van der Waals surface area contributed by atoms with Crippen LogP contribution in [0, 0.1) is 0 Å². The molecule has 19 heteroatoms. The van der Waals surface area contributed by atoms with Gasteiger partial charge in [-0.3, -0.25) is 0 Å². The summed E-state index contributed by atoms with van der Waals surface area (Å²) < 4.78 is 226. The Morgan fingerprint density at radius 3 is 1.34 bits per heavy atom. The van der Waals surface area contributed by atoms with Crippen molar-refractivity contribution < 1.29 is 84.2 Å². The maximum Gasteiger partial charge on any atom is 0.460 e. The zero-order valence-corrected chi connectivity index (χ0v) is 16.8. The Labute approximate surface area is 184 Å². The molecule has 0 amide bonds. The molecule has 0 rings (SSSR count). The number of esters is 1. The summed E-state index contributed by atoms with van der Waals surface area (Å²) in [5.41, 5.74) is -0.473. The largest absolute Gasteiger partial charge is 0.462 e. The van der Waals surface area contributed by atoms with E-state index in [0.29, 0.717) is 0 Å². The summed E-state index contributed by atoms with van der Waals surface area (Å²) in [6, 6.07) is 0. The average molecular weight is 560 g/mol. The Hall–Kier alpha value is -1.98. The van der Waals surface area contributed by atoms with Crippen LogP contribution in [0.1, 0.15) is 26.2 Å². The molecule has 0 unspecified atom stereocenters. The van der Waals surface area contributed by atoms with Crippen molar-refractivity contribution in [1.29, 1.82) is 0 Å². The molecular weight excluding hydrogens is 547 g/mol. The van der Waals surface area contributed by atoms with Crippen molar-refractivity contribution in [2.24, 2.45) is 0 Å². The second-order valence-electron chi connectivity index (χ2n) is 7.21. The summed E-state index contributed by atoms with van der Waals surface area (Å²) in [6.07, 6.45) is -18.3. The zero-order chi connectivity index (χ0) is 28.7. The number of ether oxygens (including phenoxy) is 1. The van der Waals surface area contributed by atoms with Crippen LogP contribution in [-0.2, 0) is 9.53 Å². The molecule has 0 atom stereocenters. The number of hydrogen-bond donors (Lipinski definition) is 0. The van der Waals surface area contributed by atoms with E-state index in [-0.39, 0.29) is 0 Å². The van der Waals surface area contributed by atoms with Crippen molar-refractivity contribution in [3.8, 4) is 0 Å². The first-order valence-electron chi connectivity index (χ1n) is 8.53. The first kappa shape index (κ1) is 33.0. The molecule has 208 valence electrons. The molecule has 0 N–H and O–H groups in total. The van der Waals surface area contributed by atoms with Crippen LogP contribution >= 0.6 is 0 Å². The van der Waals surface area contributed by atoms with Crippen LogP contribution in [0.15, 0.2) is 12.2 Å². The number of carbonyl (C=O) groups excluding carboxylic acids is 1. The first-order chi connectivity index (χ1) is 15.0. The fourth-order valence-corrected chi connectivity index (χ4v) is 2.16. The van der Waals surface area contributed by atoms with E-state index < -0.39 is 85.0 Å². The van der Waals surface area contributed by atoms with Crippen molar-refractivity contribution in [1.82, 2.24) is 0 Å². The van der Waals surface area contributed by atoms with Gasteiger partial charge in [-0.2, -0.15) is 65.9 Å². The van der Waals surface area contributed by atoms with E-state index in [1.54, 1.807) is 0 Å². The van der Waals surface area contributed by atoms with Crippen LogP contribution in [0.5, 0.6) is 0 Å². The standard InChI is InChI=1S/C16H13F17O2/c1-7(2)8(34)35-4-3-10(19,20)13(25,26)11(21,22)5-9(17,18)6-12(23,24)14(27,28)15(29,30)16(31,32)33/h1,3-6H2,2H3. The second kappa shape index (κ2) is 9.48. The smallest absolute Gasteiger partial charge is 0.460 e. The summed E-state index contributed by atoms with van der Waals surface area (Å²) in [4.78, 5) is 11.0. The zero-order valence-electron chi connectivity index (χ0n) is 16.8. The molecule has 0 heterocycles. The summed E-state index contributed by atoms with van der Waals surface area (Å²) >= 11 is 0. The topological polar surface area (TPSA) is 26.3 Å². The molecule has 0 fully saturated rings. The molecule has 0 aliphatic rings. The number of rotatable bonds is 12. The van der Waals surface area contributed by atoms with E-state index in [4.69, 9.17) is 0 Å². The second-order valence-corrected chi connectivity index (χ2v) is 7.21. The van der Waals surface area contributed by atoms with Gasteiger partial charge in [0.2, 0.25) is 0 Å². The van der Waals surface area contributed by atoms with Crippen LogP contribution in [0.25, 0.3) is 0 Å². The number of hydrogen-bond acceptors (Lipinski definition) is 2. The third-order valence-electron chi connectivity index (χ3n) is 4.09. The molecular formula is C16H13F17O2. The quantitative estimate of drug-likeness (QED) is 0.143. The number of carbonyl (C=O) groups is 1. The third-order valence-corrected chi connectivity index (χ3v) is 4.09. The highest BCUT2D eigenvalue weighted by molar-refractivity contribution is 5.86. The Bertz CT molecular complexity index is 781. The first-order valence-corrected chi connectivity index (χ1v) is 8.53. The molecule has 0 radical (unpaired) electrons. The van der Waals surface area contributed by atoms with E-state index >= 15 is 0 Å². The van der Waals surface area contributed by atoms with Crippen molar-refractivity contribution in [3.05, 3.63) is 12.2 Å². The molecule has 0 saturated heterocycles. The normalized spacial score (nSPS) is 15.3. The highest BCUT2D eigenvalue weighted by Gasteiger charge is 2.83. The lowest BCUT2D eigenvalue weighted by Gasteiger charge is -2.37. The predicted molar refractivity (Wildman–Crippen MR) is 80.3 cm³/mol. The van der Waals surface area contributed by atoms with Gasteiger partial charge in [-0.05, 0) is 6.92 Å². The SMILES string of the molecule is C=C(C)C(=O)OCCC(F)(F)C(F)(F)C(F)(F)CC(F)(F)CC(F)(F)C(F)(F)C(F)(F)C(F)(F)F. The molecule has 0 saturated carbocycles. The Balaban J connectivity index is 5.82. The Kier molecular flexibility index (Phi) is 8.94. The van der Waals surface area contributed by atoms with Crippen LogP contribution in [0.2, 0.25) is 0 Å². The Morgan fingerprint density at radius 1 is 0.629 bits per heavy atom. The van der Waals surface area contributed by atoms with Gasteiger partial charge in [0, 0.05) is 5.57 Å². The fraction of sp³-hybridized carbons (Fsp3) is 0.812. The molecule has 0 aliphatic carbocycles.